The molecule has 8 heteroatoms. The van der Waals surface area contributed by atoms with E-state index in [1.807, 2.05) is 6.07 Å². The third-order valence-electron chi connectivity index (χ3n) is 5.34. The normalized spacial score (nSPS) is 17.1. The molecule has 0 unspecified atom stereocenters. The molecule has 0 bridgehead atoms. The SMILES string of the molecule is Cn1ncc(CN2CCn3nc(CNc4ncccn4)cc3C2)c1C1CC1. The molecule has 0 atom stereocenters. The van der Waals surface area contributed by atoms with Crippen molar-refractivity contribution in [1.82, 2.24) is 34.4 Å². The van der Waals surface area contributed by atoms with Gasteiger partial charge in [-0.05, 0) is 25.0 Å². The molecule has 1 aliphatic heterocycles. The first-order chi connectivity index (χ1) is 13.3. The Morgan fingerprint density at radius 1 is 1.19 bits per heavy atom. The number of anilines is 1. The summed E-state index contributed by atoms with van der Waals surface area (Å²) in [5.74, 6) is 1.36. The van der Waals surface area contributed by atoms with Crippen molar-refractivity contribution in [2.45, 2.75) is 44.9 Å². The topological polar surface area (TPSA) is 76.7 Å². The van der Waals surface area contributed by atoms with Crippen molar-refractivity contribution in [3.8, 4) is 0 Å². The predicted molar refractivity (Wildman–Crippen MR) is 101 cm³/mol. The molecule has 1 fully saturated rings. The van der Waals surface area contributed by atoms with Gasteiger partial charge in [0.25, 0.3) is 0 Å². The lowest BCUT2D eigenvalue weighted by molar-refractivity contribution is 0.204. The highest BCUT2D eigenvalue weighted by Crippen LogP contribution is 2.41. The first-order valence-corrected chi connectivity index (χ1v) is 9.56. The number of rotatable bonds is 6. The van der Waals surface area contributed by atoms with Crippen LogP contribution in [-0.4, -0.2) is 41.0 Å². The maximum Gasteiger partial charge on any atom is 0.222 e. The van der Waals surface area contributed by atoms with Crippen molar-refractivity contribution in [3.63, 3.8) is 0 Å². The Labute approximate surface area is 158 Å². The Bertz CT molecular complexity index is 925. The fraction of sp³-hybridized carbons (Fsp3) is 0.474. The summed E-state index contributed by atoms with van der Waals surface area (Å²) in [6.07, 6.45) is 8.13. The van der Waals surface area contributed by atoms with E-state index in [1.165, 1.54) is 29.8 Å². The minimum Gasteiger partial charge on any atom is -0.348 e. The Kier molecular flexibility index (Phi) is 4.12. The van der Waals surface area contributed by atoms with Crippen LogP contribution in [0.4, 0.5) is 5.95 Å². The van der Waals surface area contributed by atoms with Crippen LogP contribution in [0.5, 0.6) is 0 Å². The zero-order valence-electron chi connectivity index (χ0n) is 15.5. The summed E-state index contributed by atoms with van der Waals surface area (Å²) in [4.78, 5) is 10.9. The summed E-state index contributed by atoms with van der Waals surface area (Å²) >= 11 is 0. The van der Waals surface area contributed by atoms with Crippen LogP contribution in [0.3, 0.4) is 0 Å². The van der Waals surface area contributed by atoms with E-state index in [9.17, 15) is 0 Å². The highest BCUT2D eigenvalue weighted by Gasteiger charge is 2.30. The highest BCUT2D eigenvalue weighted by molar-refractivity contribution is 5.27. The Balaban J connectivity index is 1.24. The first kappa shape index (κ1) is 16.4. The van der Waals surface area contributed by atoms with E-state index in [-0.39, 0.29) is 0 Å². The summed E-state index contributed by atoms with van der Waals surface area (Å²) in [6.45, 7) is 4.47. The van der Waals surface area contributed by atoms with Gasteiger partial charge in [-0.25, -0.2) is 9.97 Å². The molecule has 0 saturated heterocycles. The van der Waals surface area contributed by atoms with Gasteiger partial charge < -0.3 is 5.32 Å². The molecule has 0 amide bonds. The van der Waals surface area contributed by atoms with Gasteiger partial charge in [-0.2, -0.15) is 10.2 Å². The molecular formula is C19H24N8. The quantitative estimate of drug-likeness (QED) is 0.720. The van der Waals surface area contributed by atoms with Gasteiger partial charge in [0.15, 0.2) is 0 Å². The smallest absolute Gasteiger partial charge is 0.222 e. The van der Waals surface area contributed by atoms with Crippen LogP contribution in [0.2, 0.25) is 0 Å². The number of hydrogen-bond donors (Lipinski definition) is 1. The van der Waals surface area contributed by atoms with Gasteiger partial charge in [0.2, 0.25) is 5.95 Å². The van der Waals surface area contributed by atoms with E-state index >= 15 is 0 Å². The highest BCUT2D eigenvalue weighted by atomic mass is 15.3. The summed E-state index contributed by atoms with van der Waals surface area (Å²) in [5, 5.41) is 12.4. The van der Waals surface area contributed by atoms with Crippen molar-refractivity contribution < 1.29 is 0 Å². The van der Waals surface area contributed by atoms with E-state index in [4.69, 9.17) is 5.10 Å². The maximum atomic E-state index is 4.72. The largest absolute Gasteiger partial charge is 0.348 e. The monoisotopic (exact) mass is 364 g/mol. The molecule has 2 aliphatic rings. The minimum atomic E-state index is 0.634. The van der Waals surface area contributed by atoms with Gasteiger partial charge in [0.05, 0.1) is 30.7 Å². The summed E-state index contributed by atoms with van der Waals surface area (Å²) in [7, 11) is 2.07. The molecule has 1 N–H and O–H groups in total. The van der Waals surface area contributed by atoms with Crippen LogP contribution in [0.25, 0.3) is 0 Å². The third kappa shape index (κ3) is 3.44. The van der Waals surface area contributed by atoms with E-state index in [2.05, 4.69) is 54.0 Å². The number of hydrogen-bond acceptors (Lipinski definition) is 6. The zero-order chi connectivity index (χ0) is 18.2. The fourth-order valence-corrected chi connectivity index (χ4v) is 3.90. The molecule has 0 radical (unpaired) electrons. The number of aryl methyl sites for hydroxylation is 1. The number of nitrogens with zero attached hydrogens (tertiary/aromatic N) is 7. The van der Waals surface area contributed by atoms with Gasteiger partial charge in [-0.1, -0.05) is 0 Å². The Morgan fingerprint density at radius 2 is 2.04 bits per heavy atom. The Morgan fingerprint density at radius 3 is 2.85 bits per heavy atom. The molecule has 0 aromatic carbocycles. The van der Waals surface area contributed by atoms with Crippen molar-refractivity contribution in [1.29, 1.82) is 0 Å². The molecular weight excluding hydrogens is 340 g/mol. The van der Waals surface area contributed by atoms with Gasteiger partial charge in [0.1, 0.15) is 0 Å². The molecule has 5 rings (SSSR count). The van der Waals surface area contributed by atoms with Crippen molar-refractivity contribution >= 4 is 5.95 Å². The number of nitrogens with one attached hydrogen (secondary N) is 1. The van der Waals surface area contributed by atoms with Crippen molar-refractivity contribution in [2.75, 3.05) is 11.9 Å². The molecule has 3 aromatic heterocycles. The lowest BCUT2D eigenvalue weighted by atomic mass is 10.1. The van der Waals surface area contributed by atoms with Crippen LogP contribution >= 0.6 is 0 Å². The average Bonchev–Trinajstić information content (AvgIpc) is 3.33. The molecule has 3 aromatic rings. The first-order valence-electron chi connectivity index (χ1n) is 9.56. The van der Waals surface area contributed by atoms with E-state index in [1.54, 1.807) is 12.4 Å². The third-order valence-corrected chi connectivity index (χ3v) is 5.34. The van der Waals surface area contributed by atoms with Crippen molar-refractivity contribution in [3.05, 3.63) is 53.4 Å². The average molecular weight is 364 g/mol. The second-order valence-electron chi connectivity index (χ2n) is 7.44. The zero-order valence-corrected chi connectivity index (χ0v) is 15.5. The molecule has 8 nitrogen and oxygen atoms in total. The summed E-state index contributed by atoms with van der Waals surface area (Å²) in [6, 6.07) is 4.00. The number of aromatic nitrogens is 6. The summed E-state index contributed by atoms with van der Waals surface area (Å²) < 4.78 is 4.20. The van der Waals surface area contributed by atoms with Gasteiger partial charge >= 0.3 is 0 Å². The van der Waals surface area contributed by atoms with Crippen LogP contribution in [0.1, 0.15) is 41.4 Å². The van der Waals surface area contributed by atoms with Gasteiger partial charge in [0, 0.05) is 56.3 Å². The second kappa shape index (κ2) is 6.77. The van der Waals surface area contributed by atoms with Crippen LogP contribution < -0.4 is 5.32 Å². The molecule has 4 heterocycles. The molecule has 0 spiro atoms. The van der Waals surface area contributed by atoms with Crippen LogP contribution in [0, 0.1) is 0 Å². The second-order valence-corrected chi connectivity index (χ2v) is 7.44. The molecule has 1 aliphatic carbocycles. The van der Waals surface area contributed by atoms with Crippen LogP contribution in [-0.2, 0) is 33.2 Å². The number of fused-ring (bicyclic) bond motifs is 1. The summed E-state index contributed by atoms with van der Waals surface area (Å²) in [5.41, 5.74) is 5.11. The predicted octanol–water partition coefficient (Wildman–Crippen LogP) is 1.91. The van der Waals surface area contributed by atoms with Gasteiger partial charge in [-0.15, -0.1) is 0 Å². The van der Waals surface area contributed by atoms with Crippen molar-refractivity contribution in [2.24, 2.45) is 7.05 Å². The fourth-order valence-electron chi connectivity index (χ4n) is 3.90. The Hall–Kier alpha value is -2.74. The molecule has 27 heavy (non-hydrogen) atoms. The lowest BCUT2D eigenvalue weighted by Crippen LogP contribution is -2.33. The van der Waals surface area contributed by atoms with Gasteiger partial charge in [-0.3, -0.25) is 14.3 Å². The van der Waals surface area contributed by atoms with E-state index in [0.717, 1.165) is 37.8 Å². The maximum absolute atomic E-state index is 4.72. The van der Waals surface area contributed by atoms with E-state index in [0.29, 0.717) is 12.5 Å². The lowest BCUT2D eigenvalue weighted by Gasteiger charge is -2.27. The van der Waals surface area contributed by atoms with Crippen LogP contribution in [0.15, 0.2) is 30.7 Å². The standard InChI is InChI=1S/C19H24N8/c1-25-18(14-3-4-14)15(10-23-25)12-26-7-8-27-17(13-26)9-16(24-27)11-22-19-20-5-2-6-21-19/h2,5-6,9-10,14H,3-4,7-8,11-13H2,1H3,(H,20,21,22). The van der Waals surface area contributed by atoms with E-state index < -0.39 is 0 Å². The molecule has 140 valence electrons. The minimum absolute atomic E-state index is 0.634. The molecule has 1 saturated carbocycles.